The van der Waals surface area contributed by atoms with Crippen LogP contribution in [0.2, 0.25) is 0 Å². The van der Waals surface area contributed by atoms with Crippen molar-refractivity contribution in [1.82, 2.24) is 25.4 Å². The van der Waals surface area contributed by atoms with Crippen LogP contribution in [0.15, 0.2) is 49.1 Å². The summed E-state index contributed by atoms with van der Waals surface area (Å²) in [5.74, 6) is 0.582. The summed E-state index contributed by atoms with van der Waals surface area (Å²) in [6.07, 6.45) is 11.5. The average molecular weight is 431 g/mol. The van der Waals surface area contributed by atoms with Crippen LogP contribution >= 0.6 is 0 Å². The maximum absolute atomic E-state index is 12.4. The zero-order chi connectivity index (χ0) is 22.1. The third-order valence-electron chi connectivity index (χ3n) is 5.80. The molecule has 0 aliphatic heterocycles. The molecule has 0 spiro atoms. The third kappa shape index (κ3) is 4.80. The summed E-state index contributed by atoms with van der Waals surface area (Å²) in [7, 11) is 0. The molecule has 0 saturated heterocycles. The number of nitrogens with one attached hydrogen (secondary N) is 3. The van der Waals surface area contributed by atoms with Gasteiger partial charge in [0.2, 0.25) is 0 Å². The zero-order valence-electron chi connectivity index (χ0n) is 18.0. The number of rotatable bonds is 7. The van der Waals surface area contributed by atoms with Crippen LogP contribution in [0.4, 0.5) is 10.5 Å². The highest BCUT2D eigenvalue weighted by molar-refractivity contribution is 5.96. The number of aromatic nitrogens is 3. The first kappa shape index (κ1) is 20.2. The third-order valence-corrected chi connectivity index (χ3v) is 5.80. The van der Waals surface area contributed by atoms with Crippen LogP contribution in [-0.4, -0.2) is 39.3 Å². The minimum atomic E-state index is -0.228. The molecule has 2 aliphatic rings. The van der Waals surface area contributed by atoms with E-state index in [1.54, 1.807) is 23.3 Å². The van der Waals surface area contributed by atoms with Gasteiger partial charge in [-0.2, -0.15) is 5.10 Å². The Morgan fingerprint density at radius 1 is 1.09 bits per heavy atom. The van der Waals surface area contributed by atoms with E-state index in [0.29, 0.717) is 29.8 Å². The molecule has 8 nitrogen and oxygen atoms in total. The molecule has 3 N–H and O–H groups in total. The number of benzene rings is 1. The van der Waals surface area contributed by atoms with E-state index in [1.165, 1.54) is 12.8 Å². The van der Waals surface area contributed by atoms with E-state index < -0.39 is 0 Å². The van der Waals surface area contributed by atoms with E-state index in [4.69, 9.17) is 0 Å². The Bertz CT molecular complexity index is 1160. The molecule has 0 unspecified atom stereocenters. The van der Waals surface area contributed by atoms with Crippen LogP contribution in [-0.2, 0) is 0 Å². The van der Waals surface area contributed by atoms with Gasteiger partial charge in [-0.1, -0.05) is 6.07 Å². The summed E-state index contributed by atoms with van der Waals surface area (Å²) in [6, 6.07) is 7.64. The lowest BCUT2D eigenvalue weighted by atomic mass is 10.0. The molecule has 2 aromatic heterocycles. The van der Waals surface area contributed by atoms with Crippen LogP contribution < -0.4 is 16.0 Å². The van der Waals surface area contributed by atoms with Gasteiger partial charge in [-0.05, 0) is 67.9 Å². The van der Waals surface area contributed by atoms with Crippen LogP contribution in [0.25, 0.3) is 16.8 Å². The Balaban J connectivity index is 1.32. The van der Waals surface area contributed by atoms with E-state index in [2.05, 4.69) is 26.0 Å². The Morgan fingerprint density at radius 2 is 1.94 bits per heavy atom. The van der Waals surface area contributed by atoms with Crippen molar-refractivity contribution in [3.05, 3.63) is 60.2 Å². The number of hydrogen-bond acceptors (Lipinski definition) is 4. The van der Waals surface area contributed by atoms with E-state index in [0.717, 1.165) is 35.2 Å². The molecule has 0 bridgehead atoms. The standard InChI is InChI=1S/C24H26N6O2/c1-15-2-5-17(23(31)28-19-6-7-19)8-22(15)18-11-27-30(14-18)21-9-20(12-25-13-21)29-24(32)26-10-16-3-4-16/h2,5,8-9,11-14,16,19H,3-4,6-7,10H2,1H3,(H,28,31)(H2,26,29,32). The normalized spacial score (nSPS) is 15.3. The number of anilines is 1. The van der Waals surface area contributed by atoms with Gasteiger partial charge in [0.05, 0.1) is 30.0 Å². The van der Waals surface area contributed by atoms with E-state index in [-0.39, 0.29) is 11.9 Å². The van der Waals surface area contributed by atoms with E-state index in [1.807, 2.05) is 37.4 Å². The predicted molar refractivity (Wildman–Crippen MR) is 122 cm³/mol. The van der Waals surface area contributed by atoms with Gasteiger partial charge in [0, 0.05) is 29.9 Å². The van der Waals surface area contributed by atoms with Gasteiger partial charge in [0.25, 0.3) is 5.91 Å². The first-order valence-corrected chi connectivity index (χ1v) is 11.0. The molecule has 0 atom stereocenters. The zero-order valence-corrected chi connectivity index (χ0v) is 18.0. The minimum Gasteiger partial charge on any atom is -0.349 e. The Morgan fingerprint density at radius 3 is 2.72 bits per heavy atom. The summed E-state index contributed by atoms with van der Waals surface area (Å²) in [5, 5.41) is 13.2. The number of amides is 3. The van der Waals surface area contributed by atoms with Gasteiger partial charge in [-0.15, -0.1) is 0 Å². The van der Waals surface area contributed by atoms with Gasteiger partial charge < -0.3 is 16.0 Å². The molecule has 2 saturated carbocycles. The maximum Gasteiger partial charge on any atom is 0.319 e. The van der Waals surface area contributed by atoms with Gasteiger partial charge >= 0.3 is 6.03 Å². The van der Waals surface area contributed by atoms with Gasteiger partial charge in [-0.3, -0.25) is 9.78 Å². The Hall–Kier alpha value is -3.68. The lowest BCUT2D eigenvalue weighted by Crippen LogP contribution is -2.30. The van der Waals surface area contributed by atoms with Crippen molar-refractivity contribution in [3.8, 4) is 16.8 Å². The average Bonchev–Trinajstić information content (AvgIpc) is 3.72. The topological polar surface area (TPSA) is 101 Å². The molecular weight excluding hydrogens is 404 g/mol. The number of nitrogens with zero attached hydrogens (tertiary/aromatic N) is 3. The number of aryl methyl sites for hydroxylation is 1. The second-order valence-corrected chi connectivity index (χ2v) is 8.66. The van der Waals surface area contributed by atoms with E-state index >= 15 is 0 Å². The van der Waals surface area contributed by atoms with Crippen molar-refractivity contribution < 1.29 is 9.59 Å². The van der Waals surface area contributed by atoms with Crippen LogP contribution in [0, 0.1) is 12.8 Å². The largest absolute Gasteiger partial charge is 0.349 e. The molecular formula is C24H26N6O2. The second kappa shape index (κ2) is 8.45. The second-order valence-electron chi connectivity index (χ2n) is 8.66. The molecule has 2 heterocycles. The van der Waals surface area contributed by atoms with Crippen LogP contribution in [0.5, 0.6) is 0 Å². The summed E-state index contributed by atoms with van der Waals surface area (Å²) in [4.78, 5) is 28.8. The van der Waals surface area contributed by atoms with Gasteiger partial charge in [0.1, 0.15) is 0 Å². The van der Waals surface area contributed by atoms with Crippen LogP contribution in [0.3, 0.4) is 0 Å². The monoisotopic (exact) mass is 430 g/mol. The van der Waals surface area contributed by atoms with Crippen molar-refractivity contribution in [2.24, 2.45) is 5.92 Å². The highest BCUT2D eigenvalue weighted by Crippen LogP contribution is 2.28. The number of pyridine rings is 1. The lowest BCUT2D eigenvalue weighted by Gasteiger charge is -2.09. The van der Waals surface area contributed by atoms with Crippen LogP contribution in [0.1, 0.15) is 41.6 Å². The van der Waals surface area contributed by atoms with E-state index in [9.17, 15) is 9.59 Å². The fourth-order valence-corrected chi connectivity index (χ4v) is 3.53. The number of carbonyl (C=O) groups excluding carboxylic acids is 2. The molecule has 3 aromatic rings. The molecule has 0 radical (unpaired) electrons. The van der Waals surface area contributed by atoms with Crippen molar-refractivity contribution in [2.75, 3.05) is 11.9 Å². The van der Waals surface area contributed by atoms with Crippen molar-refractivity contribution in [1.29, 1.82) is 0 Å². The molecule has 5 rings (SSSR count). The molecule has 3 amide bonds. The highest BCUT2D eigenvalue weighted by Gasteiger charge is 2.24. The lowest BCUT2D eigenvalue weighted by molar-refractivity contribution is 0.0951. The Labute approximate surface area is 186 Å². The van der Waals surface area contributed by atoms with Crippen molar-refractivity contribution in [2.45, 2.75) is 38.6 Å². The summed E-state index contributed by atoms with van der Waals surface area (Å²) < 4.78 is 1.71. The number of hydrogen-bond donors (Lipinski definition) is 3. The fourth-order valence-electron chi connectivity index (χ4n) is 3.53. The Kier molecular flexibility index (Phi) is 5.34. The summed E-state index contributed by atoms with van der Waals surface area (Å²) in [6.45, 7) is 2.72. The molecule has 164 valence electrons. The highest BCUT2D eigenvalue weighted by atomic mass is 16.2. The molecule has 2 aliphatic carbocycles. The summed E-state index contributed by atoms with van der Waals surface area (Å²) in [5.41, 5.74) is 4.91. The van der Waals surface area contributed by atoms with Gasteiger partial charge in [-0.25, -0.2) is 9.48 Å². The maximum atomic E-state index is 12.4. The molecule has 32 heavy (non-hydrogen) atoms. The first-order chi connectivity index (χ1) is 15.5. The molecule has 2 fully saturated rings. The predicted octanol–water partition coefficient (Wildman–Crippen LogP) is 3.67. The fraction of sp³-hybridized carbons (Fsp3) is 0.333. The quantitative estimate of drug-likeness (QED) is 0.532. The van der Waals surface area contributed by atoms with Crippen molar-refractivity contribution >= 4 is 17.6 Å². The SMILES string of the molecule is Cc1ccc(C(=O)NC2CC2)cc1-c1cnn(-c2cncc(NC(=O)NCC3CC3)c2)c1. The molecule has 8 heteroatoms. The molecule has 1 aromatic carbocycles. The summed E-state index contributed by atoms with van der Waals surface area (Å²) >= 11 is 0. The van der Waals surface area contributed by atoms with Gasteiger partial charge in [0.15, 0.2) is 0 Å². The number of urea groups is 1. The minimum absolute atomic E-state index is 0.0379. The first-order valence-electron chi connectivity index (χ1n) is 11.0. The smallest absolute Gasteiger partial charge is 0.319 e. The number of carbonyl (C=O) groups is 2. The van der Waals surface area contributed by atoms with Crippen molar-refractivity contribution in [3.63, 3.8) is 0 Å².